The Morgan fingerprint density at radius 2 is 2.47 bits per heavy atom. The van der Waals surface area contributed by atoms with Crippen molar-refractivity contribution < 1.29 is 5.21 Å². The first kappa shape index (κ1) is 11.5. The molecule has 1 aromatic rings. The van der Waals surface area contributed by atoms with Gasteiger partial charge in [-0.05, 0) is 19.1 Å². The lowest BCUT2D eigenvalue weighted by Crippen LogP contribution is -2.25. The summed E-state index contributed by atoms with van der Waals surface area (Å²) in [5.41, 5.74) is 6.33. The predicted octanol–water partition coefficient (Wildman–Crippen LogP) is 0.869. The Morgan fingerprint density at radius 1 is 1.67 bits per heavy atom. The van der Waals surface area contributed by atoms with E-state index in [9.17, 15) is 0 Å². The Balaban J connectivity index is 2.34. The topological polar surface area (TPSA) is 83.5 Å². The maximum absolute atomic E-state index is 8.34. The van der Waals surface area contributed by atoms with Crippen molar-refractivity contribution in [1.82, 2.24) is 10.3 Å². The zero-order valence-corrected chi connectivity index (χ0v) is 8.72. The molecule has 0 spiro atoms. The van der Waals surface area contributed by atoms with E-state index in [4.69, 9.17) is 10.9 Å². The van der Waals surface area contributed by atoms with Gasteiger partial charge in [-0.15, -0.1) is 0 Å². The molecule has 0 aliphatic carbocycles. The smallest absolute Gasteiger partial charge is 0.140 e. The van der Waals surface area contributed by atoms with Crippen LogP contribution in [0.25, 0.3) is 0 Å². The van der Waals surface area contributed by atoms with Gasteiger partial charge in [0.25, 0.3) is 0 Å². The summed E-state index contributed by atoms with van der Waals surface area (Å²) in [5.74, 6) is 0.232. The van der Waals surface area contributed by atoms with Crippen molar-refractivity contribution in [1.29, 1.82) is 0 Å². The number of pyridine rings is 1. The average Bonchev–Trinajstić information content (AvgIpc) is 2.29. The van der Waals surface area contributed by atoms with Crippen molar-refractivity contribution in [3.8, 4) is 0 Å². The number of hydrogen-bond donors (Lipinski definition) is 3. The van der Waals surface area contributed by atoms with E-state index in [-0.39, 0.29) is 11.9 Å². The predicted molar refractivity (Wildman–Crippen MR) is 58.7 cm³/mol. The van der Waals surface area contributed by atoms with Gasteiger partial charge in [-0.2, -0.15) is 0 Å². The first-order valence-electron chi connectivity index (χ1n) is 4.84. The molecule has 5 heteroatoms. The molecule has 1 atom stereocenters. The molecule has 0 aliphatic rings. The average molecular weight is 208 g/mol. The number of oxime groups is 1. The van der Waals surface area contributed by atoms with Crippen LogP contribution >= 0.6 is 0 Å². The standard InChI is InChI=1S/C10H16N4O/c1-8(9-4-2-3-6-13-9)12-7-5-10(11)14-15/h2-4,6,8,12,15H,5,7H2,1H3,(H2,11,14)/t8-/m1/s1. The molecule has 0 amide bonds. The quantitative estimate of drug-likeness (QED) is 0.290. The molecule has 0 aliphatic heterocycles. The normalized spacial score (nSPS) is 13.8. The lowest BCUT2D eigenvalue weighted by atomic mass is 10.2. The Morgan fingerprint density at radius 3 is 3.07 bits per heavy atom. The van der Waals surface area contributed by atoms with E-state index in [0.29, 0.717) is 13.0 Å². The number of amidine groups is 1. The van der Waals surface area contributed by atoms with Crippen molar-refractivity contribution >= 4 is 5.84 Å². The number of hydrogen-bond acceptors (Lipinski definition) is 4. The molecule has 0 saturated heterocycles. The SMILES string of the molecule is C[C@@H](NCC/C(N)=N/O)c1ccccn1. The first-order chi connectivity index (χ1) is 7.24. The van der Waals surface area contributed by atoms with Gasteiger partial charge in [-0.25, -0.2) is 0 Å². The molecule has 0 radical (unpaired) electrons. The fourth-order valence-electron chi connectivity index (χ4n) is 1.20. The highest BCUT2D eigenvalue weighted by atomic mass is 16.4. The fourth-order valence-corrected chi connectivity index (χ4v) is 1.20. The van der Waals surface area contributed by atoms with Crippen molar-refractivity contribution in [2.75, 3.05) is 6.54 Å². The highest BCUT2D eigenvalue weighted by Crippen LogP contribution is 2.06. The van der Waals surface area contributed by atoms with Gasteiger partial charge >= 0.3 is 0 Å². The largest absolute Gasteiger partial charge is 0.409 e. The Labute approximate surface area is 89.0 Å². The van der Waals surface area contributed by atoms with E-state index in [1.54, 1.807) is 6.20 Å². The van der Waals surface area contributed by atoms with Crippen LogP contribution in [0.2, 0.25) is 0 Å². The minimum absolute atomic E-state index is 0.165. The third-order valence-corrected chi connectivity index (χ3v) is 2.09. The maximum Gasteiger partial charge on any atom is 0.140 e. The van der Waals surface area contributed by atoms with E-state index in [1.165, 1.54) is 0 Å². The van der Waals surface area contributed by atoms with Crippen LogP contribution in [0.1, 0.15) is 25.1 Å². The van der Waals surface area contributed by atoms with Crippen LogP contribution in [0.3, 0.4) is 0 Å². The third-order valence-electron chi connectivity index (χ3n) is 2.09. The lowest BCUT2D eigenvalue weighted by molar-refractivity contribution is 0.316. The summed E-state index contributed by atoms with van der Waals surface area (Å²) < 4.78 is 0. The molecule has 82 valence electrons. The number of nitrogens with two attached hydrogens (primary N) is 1. The summed E-state index contributed by atoms with van der Waals surface area (Å²) >= 11 is 0. The van der Waals surface area contributed by atoms with Gasteiger partial charge in [-0.1, -0.05) is 11.2 Å². The summed E-state index contributed by atoms with van der Waals surface area (Å²) in [5, 5.41) is 14.5. The van der Waals surface area contributed by atoms with E-state index in [1.807, 2.05) is 25.1 Å². The Bertz CT molecular complexity index is 312. The molecule has 0 bridgehead atoms. The minimum atomic E-state index is 0.165. The van der Waals surface area contributed by atoms with Gasteiger partial charge in [-0.3, -0.25) is 4.98 Å². The molecule has 0 aromatic carbocycles. The van der Waals surface area contributed by atoms with Crippen LogP contribution in [0, 0.1) is 0 Å². The number of rotatable bonds is 5. The van der Waals surface area contributed by atoms with E-state index >= 15 is 0 Å². The van der Waals surface area contributed by atoms with Crippen LogP contribution in [0.5, 0.6) is 0 Å². The summed E-state index contributed by atoms with van der Waals surface area (Å²) in [6.07, 6.45) is 2.28. The molecule has 1 rings (SSSR count). The number of aromatic nitrogens is 1. The van der Waals surface area contributed by atoms with Crippen LogP contribution in [0.15, 0.2) is 29.6 Å². The Kier molecular flexibility index (Phi) is 4.56. The molecule has 1 heterocycles. The molecule has 1 aromatic heterocycles. The monoisotopic (exact) mass is 208 g/mol. The molecular weight excluding hydrogens is 192 g/mol. The van der Waals surface area contributed by atoms with E-state index < -0.39 is 0 Å². The highest BCUT2D eigenvalue weighted by molar-refractivity contribution is 5.79. The van der Waals surface area contributed by atoms with E-state index in [0.717, 1.165) is 5.69 Å². The lowest BCUT2D eigenvalue weighted by Gasteiger charge is -2.12. The highest BCUT2D eigenvalue weighted by Gasteiger charge is 2.04. The van der Waals surface area contributed by atoms with Gasteiger partial charge in [0.15, 0.2) is 0 Å². The maximum atomic E-state index is 8.34. The molecule has 0 unspecified atom stereocenters. The van der Waals surface area contributed by atoms with Crippen molar-refractivity contribution in [3.63, 3.8) is 0 Å². The first-order valence-corrected chi connectivity index (χ1v) is 4.84. The zero-order chi connectivity index (χ0) is 11.1. The van der Waals surface area contributed by atoms with Crippen molar-refractivity contribution in [3.05, 3.63) is 30.1 Å². The Hall–Kier alpha value is -1.62. The van der Waals surface area contributed by atoms with Crippen LogP contribution < -0.4 is 11.1 Å². The minimum Gasteiger partial charge on any atom is -0.409 e. The second-order valence-electron chi connectivity index (χ2n) is 3.27. The van der Waals surface area contributed by atoms with Crippen LogP contribution in [-0.4, -0.2) is 22.6 Å². The van der Waals surface area contributed by atoms with E-state index in [2.05, 4.69) is 15.5 Å². The molecule has 15 heavy (non-hydrogen) atoms. The molecule has 0 fully saturated rings. The van der Waals surface area contributed by atoms with Gasteiger partial charge in [0, 0.05) is 25.2 Å². The van der Waals surface area contributed by atoms with Crippen LogP contribution in [0.4, 0.5) is 0 Å². The zero-order valence-electron chi connectivity index (χ0n) is 8.72. The summed E-state index contributed by atoms with van der Waals surface area (Å²) in [6.45, 7) is 2.68. The molecule has 4 N–H and O–H groups in total. The van der Waals surface area contributed by atoms with Gasteiger partial charge in [0.1, 0.15) is 5.84 Å². The second kappa shape index (κ2) is 5.98. The summed E-state index contributed by atoms with van der Waals surface area (Å²) in [7, 11) is 0. The van der Waals surface area contributed by atoms with Gasteiger partial charge in [0.2, 0.25) is 0 Å². The molecule has 5 nitrogen and oxygen atoms in total. The van der Waals surface area contributed by atoms with Crippen molar-refractivity contribution in [2.24, 2.45) is 10.9 Å². The third kappa shape index (κ3) is 3.95. The second-order valence-corrected chi connectivity index (χ2v) is 3.27. The van der Waals surface area contributed by atoms with Gasteiger partial charge in [0.05, 0.1) is 5.69 Å². The fraction of sp³-hybridized carbons (Fsp3) is 0.400. The number of nitrogens with one attached hydrogen (secondary N) is 1. The summed E-state index contributed by atoms with van der Waals surface area (Å²) in [4.78, 5) is 4.22. The van der Waals surface area contributed by atoms with Crippen LogP contribution in [-0.2, 0) is 0 Å². The molecular formula is C10H16N4O. The number of nitrogens with zero attached hydrogens (tertiary/aromatic N) is 2. The van der Waals surface area contributed by atoms with Crippen molar-refractivity contribution in [2.45, 2.75) is 19.4 Å². The van der Waals surface area contributed by atoms with Gasteiger partial charge < -0.3 is 16.3 Å². The molecule has 0 saturated carbocycles. The summed E-state index contributed by atoms with van der Waals surface area (Å²) in [6, 6.07) is 5.95.